The lowest BCUT2D eigenvalue weighted by Crippen LogP contribution is -2.34. The van der Waals surface area contributed by atoms with Gasteiger partial charge in [-0.1, -0.05) is 60.7 Å². The number of fused-ring (bicyclic) bond motifs is 1. The second-order valence-corrected chi connectivity index (χ2v) is 8.08. The molecular formula is C25H25FN2. The van der Waals surface area contributed by atoms with E-state index in [1.807, 2.05) is 12.1 Å². The van der Waals surface area contributed by atoms with Gasteiger partial charge in [0.15, 0.2) is 0 Å². The number of hydrogen-bond acceptors (Lipinski definition) is 2. The summed E-state index contributed by atoms with van der Waals surface area (Å²) in [6.07, 6.45) is 0. The first kappa shape index (κ1) is 17.4. The summed E-state index contributed by atoms with van der Waals surface area (Å²) >= 11 is 0. The molecule has 1 saturated heterocycles. The standard InChI is InChI=1S/C25H25FN2/c26-21-11-13-22(14-12-21)27-17-23-24(18-27)25(23)28(15-19-7-3-1-4-8-19)16-20-9-5-2-6-10-20/h1-14,23-25H,15-18H2. The van der Waals surface area contributed by atoms with Crippen LogP contribution in [0.3, 0.4) is 0 Å². The lowest BCUT2D eigenvalue weighted by molar-refractivity contribution is 0.222. The molecule has 0 amide bonds. The zero-order valence-electron chi connectivity index (χ0n) is 15.9. The lowest BCUT2D eigenvalue weighted by atomic mass is 10.1. The van der Waals surface area contributed by atoms with Crippen LogP contribution in [-0.4, -0.2) is 24.0 Å². The van der Waals surface area contributed by atoms with Crippen molar-refractivity contribution in [3.63, 3.8) is 0 Å². The molecule has 5 rings (SSSR count). The molecule has 2 unspecified atom stereocenters. The Labute approximate surface area is 166 Å². The monoisotopic (exact) mass is 372 g/mol. The van der Waals surface area contributed by atoms with Gasteiger partial charge in [0, 0.05) is 37.9 Å². The molecule has 0 bridgehead atoms. The van der Waals surface area contributed by atoms with Gasteiger partial charge in [-0.25, -0.2) is 4.39 Å². The minimum atomic E-state index is -0.164. The summed E-state index contributed by atoms with van der Waals surface area (Å²) < 4.78 is 13.2. The summed E-state index contributed by atoms with van der Waals surface area (Å²) in [6.45, 7) is 4.12. The van der Waals surface area contributed by atoms with Crippen LogP contribution < -0.4 is 4.90 Å². The minimum Gasteiger partial charge on any atom is -0.371 e. The number of anilines is 1. The molecule has 1 aliphatic heterocycles. The van der Waals surface area contributed by atoms with E-state index in [-0.39, 0.29) is 5.82 Å². The van der Waals surface area contributed by atoms with Crippen LogP contribution in [-0.2, 0) is 13.1 Å². The predicted octanol–water partition coefficient (Wildman–Crippen LogP) is 4.96. The number of piperidine rings is 1. The van der Waals surface area contributed by atoms with Gasteiger partial charge < -0.3 is 4.90 Å². The molecule has 2 nitrogen and oxygen atoms in total. The van der Waals surface area contributed by atoms with Crippen molar-refractivity contribution in [2.75, 3.05) is 18.0 Å². The largest absolute Gasteiger partial charge is 0.371 e. The molecule has 0 aromatic heterocycles. The third-order valence-corrected chi connectivity index (χ3v) is 6.22. The van der Waals surface area contributed by atoms with Gasteiger partial charge >= 0.3 is 0 Å². The number of rotatable bonds is 6. The Morgan fingerprint density at radius 1 is 0.714 bits per heavy atom. The molecular weight excluding hydrogens is 347 g/mol. The van der Waals surface area contributed by atoms with E-state index >= 15 is 0 Å². The van der Waals surface area contributed by atoms with E-state index in [2.05, 4.69) is 70.5 Å². The summed E-state index contributed by atoms with van der Waals surface area (Å²) in [5.74, 6) is 1.25. The van der Waals surface area contributed by atoms with Crippen molar-refractivity contribution in [3.8, 4) is 0 Å². The highest BCUT2D eigenvalue weighted by Crippen LogP contribution is 2.50. The van der Waals surface area contributed by atoms with E-state index in [1.54, 1.807) is 12.1 Å². The molecule has 2 atom stereocenters. The molecule has 1 heterocycles. The van der Waals surface area contributed by atoms with Crippen LogP contribution in [0, 0.1) is 17.7 Å². The fourth-order valence-electron chi connectivity index (χ4n) is 4.80. The quantitative estimate of drug-likeness (QED) is 0.603. The Balaban J connectivity index is 1.30. The molecule has 142 valence electrons. The maximum absolute atomic E-state index is 13.2. The summed E-state index contributed by atoms with van der Waals surface area (Å²) in [6, 6.07) is 29.1. The second kappa shape index (κ2) is 7.40. The minimum absolute atomic E-state index is 0.164. The number of nitrogens with zero attached hydrogens (tertiary/aromatic N) is 2. The average molecular weight is 372 g/mol. The third-order valence-electron chi connectivity index (χ3n) is 6.22. The molecule has 3 aromatic rings. The van der Waals surface area contributed by atoms with Gasteiger partial charge in [-0.05, 0) is 47.2 Å². The highest BCUT2D eigenvalue weighted by molar-refractivity contribution is 5.49. The zero-order valence-corrected chi connectivity index (χ0v) is 15.9. The van der Waals surface area contributed by atoms with Gasteiger partial charge in [0.25, 0.3) is 0 Å². The summed E-state index contributed by atoms with van der Waals surface area (Å²) in [5.41, 5.74) is 3.89. The van der Waals surface area contributed by atoms with Crippen LogP contribution >= 0.6 is 0 Å². The van der Waals surface area contributed by atoms with Gasteiger partial charge in [-0.2, -0.15) is 0 Å². The van der Waals surface area contributed by atoms with Gasteiger partial charge in [-0.15, -0.1) is 0 Å². The molecule has 2 fully saturated rings. The number of hydrogen-bond donors (Lipinski definition) is 0. The number of halogens is 1. The highest BCUT2D eigenvalue weighted by atomic mass is 19.1. The third kappa shape index (κ3) is 3.55. The predicted molar refractivity (Wildman–Crippen MR) is 112 cm³/mol. The lowest BCUT2D eigenvalue weighted by Gasteiger charge is -2.28. The maximum Gasteiger partial charge on any atom is 0.123 e. The molecule has 2 aliphatic rings. The topological polar surface area (TPSA) is 6.48 Å². The van der Waals surface area contributed by atoms with Crippen LogP contribution in [0.4, 0.5) is 10.1 Å². The molecule has 3 heteroatoms. The van der Waals surface area contributed by atoms with E-state index in [1.165, 1.54) is 11.1 Å². The number of benzene rings is 3. The van der Waals surface area contributed by atoms with Crippen LogP contribution in [0.1, 0.15) is 11.1 Å². The Kier molecular flexibility index (Phi) is 4.61. The fourth-order valence-corrected chi connectivity index (χ4v) is 4.80. The smallest absolute Gasteiger partial charge is 0.123 e. The van der Waals surface area contributed by atoms with Gasteiger partial charge in [0.1, 0.15) is 5.82 Å². The highest BCUT2D eigenvalue weighted by Gasteiger charge is 2.58. The first-order valence-electron chi connectivity index (χ1n) is 10.1. The van der Waals surface area contributed by atoms with E-state index in [9.17, 15) is 4.39 Å². The maximum atomic E-state index is 13.2. The van der Waals surface area contributed by atoms with Crippen LogP contribution in [0.2, 0.25) is 0 Å². The average Bonchev–Trinajstić information content (AvgIpc) is 3.23. The van der Waals surface area contributed by atoms with E-state index < -0.39 is 0 Å². The molecule has 0 spiro atoms. The molecule has 0 N–H and O–H groups in total. The van der Waals surface area contributed by atoms with Crippen LogP contribution in [0.15, 0.2) is 84.9 Å². The first-order valence-corrected chi connectivity index (χ1v) is 10.1. The van der Waals surface area contributed by atoms with E-state index in [4.69, 9.17) is 0 Å². The Morgan fingerprint density at radius 2 is 1.21 bits per heavy atom. The van der Waals surface area contributed by atoms with Crippen molar-refractivity contribution >= 4 is 5.69 Å². The van der Waals surface area contributed by atoms with Crippen molar-refractivity contribution in [1.82, 2.24) is 4.90 Å². The van der Waals surface area contributed by atoms with E-state index in [0.29, 0.717) is 17.9 Å². The van der Waals surface area contributed by atoms with Crippen molar-refractivity contribution in [2.24, 2.45) is 11.8 Å². The van der Waals surface area contributed by atoms with Crippen molar-refractivity contribution < 1.29 is 4.39 Å². The Hall–Kier alpha value is -2.65. The Morgan fingerprint density at radius 3 is 1.71 bits per heavy atom. The van der Waals surface area contributed by atoms with Crippen LogP contribution in [0.5, 0.6) is 0 Å². The van der Waals surface area contributed by atoms with Crippen molar-refractivity contribution in [2.45, 2.75) is 19.1 Å². The SMILES string of the molecule is Fc1ccc(N2CC3C(C2)C3N(Cc2ccccc2)Cc2ccccc2)cc1. The zero-order chi connectivity index (χ0) is 18.9. The molecule has 28 heavy (non-hydrogen) atoms. The second-order valence-electron chi connectivity index (χ2n) is 8.08. The summed E-state index contributed by atoms with van der Waals surface area (Å²) in [5, 5.41) is 0. The van der Waals surface area contributed by atoms with Gasteiger partial charge in [-0.3, -0.25) is 4.90 Å². The first-order chi connectivity index (χ1) is 13.8. The molecule has 3 aromatic carbocycles. The summed E-state index contributed by atoms with van der Waals surface area (Å²) in [4.78, 5) is 5.07. The normalized spacial score (nSPS) is 23.1. The molecule has 1 saturated carbocycles. The van der Waals surface area contributed by atoms with E-state index in [0.717, 1.165) is 31.9 Å². The van der Waals surface area contributed by atoms with Crippen molar-refractivity contribution in [1.29, 1.82) is 0 Å². The molecule has 1 aliphatic carbocycles. The van der Waals surface area contributed by atoms with Crippen molar-refractivity contribution in [3.05, 3.63) is 102 Å². The van der Waals surface area contributed by atoms with Gasteiger partial charge in [0.05, 0.1) is 0 Å². The Bertz CT molecular complexity index is 857. The summed E-state index contributed by atoms with van der Waals surface area (Å²) in [7, 11) is 0. The molecule has 0 radical (unpaired) electrons. The van der Waals surface area contributed by atoms with Gasteiger partial charge in [0.2, 0.25) is 0 Å². The van der Waals surface area contributed by atoms with Crippen LogP contribution in [0.25, 0.3) is 0 Å². The fraction of sp³-hybridized carbons (Fsp3) is 0.280.